The number of aryl methyl sites for hydroxylation is 3. The van der Waals surface area contributed by atoms with E-state index in [0.717, 1.165) is 27.7 Å². The average Bonchev–Trinajstić information content (AvgIpc) is 3.28. The highest BCUT2D eigenvalue weighted by Crippen LogP contribution is 2.34. The standard InChI is InChI=1S/C23H19NO6/c1-11-13(3)29-19-9-20-16(7-15(11)19)12(2)17(23(26)30-20)8-22(25)24-14-4-5-18-21(6-14)28-10-27-18/h4-7,9H,8,10H2,1-3H3,(H,24,25). The topological polar surface area (TPSA) is 90.9 Å². The number of rotatable bonds is 3. The van der Waals surface area contributed by atoms with Crippen molar-refractivity contribution in [2.45, 2.75) is 27.2 Å². The zero-order valence-corrected chi connectivity index (χ0v) is 16.8. The molecule has 4 aromatic rings. The van der Waals surface area contributed by atoms with Crippen LogP contribution in [0.25, 0.3) is 21.9 Å². The van der Waals surface area contributed by atoms with Crippen molar-refractivity contribution in [2.24, 2.45) is 0 Å². The first kappa shape index (κ1) is 18.3. The Bertz CT molecular complexity index is 1390. The molecule has 0 radical (unpaired) electrons. The Morgan fingerprint density at radius 1 is 0.933 bits per heavy atom. The van der Waals surface area contributed by atoms with Crippen molar-refractivity contribution in [3.8, 4) is 11.5 Å². The van der Waals surface area contributed by atoms with Crippen LogP contribution in [0.5, 0.6) is 11.5 Å². The van der Waals surface area contributed by atoms with Gasteiger partial charge in [0.1, 0.15) is 16.9 Å². The van der Waals surface area contributed by atoms with E-state index < -0.39 is 5.63 Å². The van der Waals surface area contributed by atoms with E-state index in [9.17, 15) is 9.59 Å². The Balaban J connectivity index is 1.48. The lowest BCUT2D eigenvalue weighted by molar-refractivity contribution is -0.115. The molecule has 3 heterocycles. The molecule has 2 aromatic heterocycles. The number of benzene rings is 2. The molecular formula is C23H19NO6. The highest BCUT2D eigenvalue weighted by molar-refractivity contribution is 5.98. The quantitative estimate of drug-likeness (QED) is 0.509. The Morgan fingerprint density at radius 3 is 2.50 bits per heavy atom. The van der Waals surface area contributed by atoms with Gasteiger partial charge in [-0.25, -0.2) is 4.79 Å². The summed E-state index contributed by atoms with van der Waals surface area (Å²) in [5.41, 5.74) is 3.25. The minimum atomic E-state index is -0.528. The molecule has 7 heteroatoms. The van der Waals surface area contributed by atoms with E-state index in [0.29, 0.717) is 33.9 Å². The Kier molecular flexibility index (Phi) is 4.06. The fourth-order valence-corrected chi connectivity index (χ4v) is 3.77. The predicted octanol–water partition coefficient (Wildman–Crippen LogP) is 4.37. The van der Waals surface area contributed by atoms with E-state index in [4.69, 9.17) is 18.3 Å². The molecule has 1 aliphatic heterocycles. The summed E-state index contributed by atoms with van der Waals surface area (Å²) in [4.78, 5) is 25.2. The van der Waals surface area contributed by atoms with Crippen molar-refractivity contribution in [2.75, 3.05) is 12.1 Å². The van der Waals surface area contributed by atoms with E-state index in [1.807, 2.05) is 26.8 Å². The number of ether oxygens (including phenoxy) is 2. The molecule has 0 aliphatic carbocycles. The van der Waals surface area contributed by atoms with Crippen molar-refractivity contribution < 1.29 is 23.1 Å². The zero-order chi connectivity index (χ0) is 21.0. The molecule has 5 rings (SSSR count). The van der Waals surface area contributed by atoms with E-state index in [1.54, 1.807) is 24.3 Å². The van der Waals surface area contributed by atoms with E-state index in [2.05, 4.69) is 5.32 Å². The van der Waals surface area contributed by atoms with Gasteiger partial charge >= 0.3 is 5.63 Å². The van der Waals surface area contributed by atoms with E-state index in [1.165, 1.54) is 0 Å². The summed E-state index contributed by atoms with van der Waals surface area (Å²) in [6.45, 7) is 5.87. The lowest BCUT2D eigenvalue weighted by atomic mass is 10.0. The number of hydrogen-bond acceptors (Lipinski definition) is 6. The summed E-state index contributed by atoms with van der Waals surface area (Å²) in [6, 6.07) is 8.83. The van der Waals surface area contributed by atoms with Crippen LogP contribution in [-0.2, 0) is 11.2 Å². The number of hydrogen-bond donors (Lipinski definition) is 1. The van der Waals surface area contributed by atoms with Crippen LogP contribution in [0.2, 0.25) is 0 Å². The SMILES string of the molecule is Cc1oc2cc3oc(=O)c(CC(=O)Nc4ccc5c(c4)OCO5)c(C)c3cc2c1C. The highest BCUT2D eigenvalue weighted by Gasteiger charge is 2.19. The van der Waals surface area contributed by atoms with Gasteiger partial charge in [-0.2, -0.15) is 0 Å². The molecule has 0 saturated carbocycles. The van der Waals surface area contributed by atoms with Crippen molar-refractivity contribution in [3.63, 3.8) is 0 Å². The predicted molar refractivity (Wildman–Crippen MR) is 111 cm³/mol. The summed E-state index contributed by atoms with van der Waals surface area (Å²) in [7, 11) is 0. The third-order valence-corrected chi connectivity index (χ3v) is 5.58. The van der Waals surface area contributed by atoms with Crippen molar-refractivity contribution >= 4 is 33.5 Å². The molecule has 1 N–H and O–H groups in total. The van der Waals surface area contributed by atoms with Crippen molar-refractivity contribution in [3.05, 3.63) is 63.2 Å². The van der Waals surface area contributed by atoms with Crippen LogP contribution in [0, 0.1) is 20.8 Å². The number of furan rings is 1. The fourth-order valence-electron chi connectivity index (χ4n) is 3.77. The normalized spacial score (nSPS) is 12.6. The molecule has 1 aliphatic rings. The van der Waals surface area contributed by atoms with Gasteiger partial charge in [0.15, 0.2) is 11.5 Å². The molecule has 0 bridgehead atoms. The second kappa shape index (κ2) is 6.66. The Morgan fingerprint density at radius 2 is 1.67 bits per heavy atom. The second-order valence-electron chi connectivity index (χ2n) is 7.41. The lowest BCUT2D eigenvalue weighted by Crippen LogP contribution is -2.20. The van der Waals surface area contributed by atoms with Crippen LogP contribution in [0.4, 0.5) is 5.69 Å². The smallest absolute Gasteiger partial charge is 0.340 e. The highest BCUT2D eigenvalue weighted by atomic mass is 16.7. The van der Waals surface area contributed by atoms with Crippen LogP contribution < -0.4 is 20.4 Å². The van der Waals surface area contributed by atoms with Gasteiger partial charge in [-0.15, -0.1) is 0 Å². The first-order chi connectivity index (χ1) is 14.4. The zero-order valence-electron chi connectivity index (χ0n) is 16.8. The monoisotopic (exact) mass is 405 g/mol. The molecule has 152 valence electrons. The van der Waals surface area contributed by atoms with Gasteiger partial charge in [0.05, 0.1) is 12.0 Å². The van der Waals surface area contributed by atoms with Crippen LogP contribution >= 0.6 is 0 Å². The number of nitrogens with one attached hydrogen (secondary N) is 1. The summed E-state index contributed by atoms with van der Waals surface area (Å²) in [5.74, 6) is 1.71. The number of carbonyl (C=O) groups excluding carboxylic acids is 1. The number of anilines is 1. The first-order valence-electron chi connectivity index (χ1n) is 9.56. The van der Waals surface area contributed by atoms with E-state index >= 15 is 0 Å². The van der Waals surface area contributed by atoms with Crippen LogP contribution in [0.15, 0.2) is 44.0 Å². The van der Waals surface area contributed by atoms with Gasteiger partial charge in [0, 0.05) is 28.6 Å². The molecule has 2 aromatic carbocycles. The van der Waals surface area contributed by atoms with Gasteiger partial charge < -0.3 is 23.6 Å². The van der Waals surface area contributed by atoms with Gasteiger partial charge in [-0.05, 0) is 50.1 Å². The number of carbonyl (C=O) groups is 1. The molecule has 30 heavy (non-hydrogen) atoms. The van der Waals surface area contributed by atoms with Gasteiger partial charge in [0.2, 0.25) is 12.7 Å². The molecule has 0 fully saturated rings. The molecule has 0 saturated heterocycles. The summed E-state index contributed by atoms with van der Waals surface area (Å²) >= 11 is 0. The number of fused-ring (bicyclic) bond motifs is 3. The number of amides is 1. The molecular weight excluding hydrogens is 386 g/mol. The lowest BCUT2D eigenvalue weighted by Gasteiger charge is -2.09. The third kappa shape index (κ3) is 2.90. The molecule has 0 spiro atoms. The molecule has 0 unspecified atom stereocenters. The minimum Gasteiger partial charge on any atom is -0.461 e. The molecule has 0 atom stereocenters. The van der Waals surface area contributed by atoms with Crippen LogP contribution in [-0.4, -0.2) is 12.7 Å². The summed E-state index contributed by atoms with van der Waals surface area (Å²) in [5, 5.41) is 4.55. The first-order valence-corrected chi connectivity index (χ1v) is 9.56. The maximum absolute atomic E-state index is 12.6. The maximum Gasteiger partial charge on any atom is 0.340 e. The van der Waals surface area contributed by atoms with Crippen molar-refractivity contribution in [1.29, 1.82) is 0 Å². The third-order valence-electron chi connectivity index (χ3n) is 5.58. The van der Waals surface area contributed by atoms with Crippen LogP contribution in [0.3, 0.4) is 0 Å². The summed E-state index contributed by atoms with van der Waals surface area (Å²) in [6.07, 6.45) is -0.0972. The van der Waals surface area contributed by atoms with Crippen molar-refractivity contribution in [1.82, 2.24) is 0 Å². The van der Waals surface area contributed by atoms with Gasteiger partial charge in [-0.3, -0.25) is 4.79 Å². The largest absolute Gasteiger partial charge is 0.461 e. The maximum atomic E-state index is 12.6. The molecule has 7 nitrogen and oxygen atoms in total. The van der Waals surface area contributed by atoms with Gasteiger partial charge in [-0.1, -0.05) is 0 Å². The Labute approximate surface area is 171 Å². The average molecular weight is 405 g/mol. The summed E-state index contributed by atoms with van der Waals surface area (Å²) < 4.78 is 21.8. The fraction of sp³-hybridized carbons (Fsp3) is 0.217. The van der Waals surface area contributed by atoms with Crippen LogP contribution in [0.1, 0.15) is 22.5 Å². The second-order valence-corrected chi connectivity index (χ2v) is 7.41. The van der Waals surface area contributed by atoms with Gasteiger partial charge in [0.25, 0.3) is 0 Å². The van der Waals surface area contributed by atoms with E-state index in [-0.39, 0.29) is 19.1 Å². The Hall–Kier alpha value is -3.74. The molecule has 1 amide bonds. The minimum absolute atomic E-state index is 0.0972.